The van der Waals surface area contributed by atoms with Gasteiger partial charge in [0.05, 0.1) is 6.42 Å². The fraction of sp³-hybridized carbons (Fsp3) is 0.667. The van der Waals surface area contributed by atoms with E-state index < -0.39 is 0 Å². The van der Waals surface area contributed by atoms with Crippen LogP contribution in [0.2, 0.25) is 0 Å². The molecule has 16 heavy (non-hydrogen) atoms. The van der Waals surface area contributed by atoms with Crippen molar-refractivity contribution in [2.75, 3.05) is 6.54 Å². The van der Waals surface area contributed by atoms with Crippen LogP contribution in [0.3, 0.4) is 0 Å². The molecule has 0 aliphatic carbocycles. The number of rotatable bonds is 8. The second-order valence-electron chi connectivity index (χ2n) is 4.12. The van der Waals surface area contributed by atoms with Gasteiger partial charge in [-0.15, -0.1) is 0 Å². The van der Waals surface area contributed by atoms with Crippen LogP contribution in [-0.4, -0.2) is 21.9 Å². The standard InChI is InChI=1S/C12H21N3O/c1-15-9-8-14-12(15)10-11(16)6-4-2-3-5-7-13/h8-9H,2-7,10,13H2,1H3. The molecule has 1 heterocycles. The van der Waals surface area contributed by atoms with Gasteiger partial charge in [-0.1, -0.05) is 12.8 Å². The summed E-state index contributed by atoms with van der Waals surface area (Å²) in [6, 6.07) is 0. The number of nitrogens with zero attached hydrogens (tertiary/aromatic N) is 2. The minimum Gasteiger partial charge on any atom is -0.338 e. The van der Waals surface area contributed by atoms with Crippen LogP contribution in [-0.2, 0) is 18.3 Å². The van der Waals surface area contributed by atoms with Crippen molar-refractivity contribution in [1.29, 1.82) is 0 Å². The Balaban J connectivity index is 2.14. The van der Waals surface area contributed by atoms with Crippen LogP contribution in [0.4, 0.5) is 0 Å². The third-order valence-corrected chi connectivity index (χ3v) is 2.69. The summed E-state index contributed by atoms with van der Waals surface area (Å²) in [7, 11) is 1.91. The molecule has 90 valence electrons. The van der Waals surface area contributed by atoms with E-state index in [-0.39, 0.29) is 5.78 Å². The summed E-state index contributed by atoms with van der Waals surface area (Å²) in [4.78, 5) is 15.8. The summed E-state index contributed by atoms with van der Waals surface area (Å²) in [6.07, 6.45) is 8.98. The molecule has 0 amide bonds. The zero-order valence-electron chi connectivity index (χ0n) is 9.98. The van der Waals surface area contributed by atoms with Crippen LogP contribution < -0.4 is 5.73 Å². The minimum absolute atomic E-state index is 0.280. The summed E-state index contributed by atoms with van der Waals surface area (Å²) in [5, 5.41) is 0. The van der Waals surface area contributed by atoms with Crippen LogP contribution in [0.5, 0.6) is 0 Å². The first-order valence-corrected chi connectivity index (χ1v) is 5.92. The number of nitrogens with two attached hydrogens (primary N) is 1. The van der Waals surface area contributed by atoms with Crippen molar-refractivity contribution in [2.24, 2.45) is 12.8 Å². The molecule has 1 aromatic rings. The van der Waals surface area contributed by atoms with Gasteiger partial charge in [-0.25, -0.2) is 4.98 Å². The lowest BCUT2D eigenvalue weighted by molar-refractivity contribution is -0.118. The smallest absolute Gasteiger partial charge is 0.140 e. The summed E-state index contributed by atoms with van der Waals surface area (Å²) in [5.74, 6) is 1.13. The topological polar surface area (TPSA) is 60.9 Å². The first-order chi connectivity index (χ1) is 7.74. The normalized spacial score (nSPS) is 10.6. The van der Waals surface area contributed by atoms with Gasteiger partial charge in [-0.2, -0.15) is 0 Å². The van der Waals surface area contributed by atoms with E-state index in [1.807, 2.05) is 17.8 Å². The molecule has 0 saturated heterocycles. The molecule has 4 heteroatoms. The van der Waals surface area contributed by atoms with E-state index in [0.29, 0.717) is 12.8 Å². The molecule has 2 N–H and O–H groups in total. The van der Waals surface area contributed by atoms with E-state index in [1.165, 1.54) is 0 Å². The maximum atomic E-state index is 11.6. The van der Waals surface area contributed by atoms with Crippen molar-refractivity contribution in [1.82, 2.24) is 9.55 Å². The molecule has 0 aliphatic rings. The molecule has 0 atom stereocenters. The van der Waals surface area contributed by atoms with Gasteiger partial charge in [-0.3, -0.25) is 4.79 Å². The van der Waals surface area contributed by atoms with Crippen molar-refractivity contribution >= 4 is 5.78 Å². The number of hydrogen-bond donors (Lipinski definition) is 1. The third kappa shape index (κ3) is 4.57. The molecule has 1 rings (SSSR count). The molecule has 0 aromatic carbocycles. The SMILES string of the molecule is Cn1ccnc1CC(=O)CCCCCCN. The fourth-order valence-electron chi connectivity index (χ4n) is 1.65. The first kappa shape index (κ1) is 12.9. The lowest BCUT2D eigenvalue weighted by Crippen LogP contribution is -2.07. The number of aryl methyl sites for hydroxylation is 1. The second-order valence-corrected chi connectivity index (χ2v) is 4.12. The van der Waals surface area contributed by atoms with E-state index in [9.17, 15) is 4.79 Å². The quantitative estimate of drug-likeness (QED) is 0.678. The van der Waals surface area contributed by atoms with Gasteiger partial charge in [-0.05, 0) is 19.4 Å². The highest BCUT2D eigenvalue weighted by molar-refractivity contribution is 5.80. The van der Waals surface area contributed by atoms with Gasteiger partial charge >= 0.3 is 0 Å². The Hall–Kier alpha value is -1.16. The highest BCUT2D eigenvalue weighted by atomic mass is 16.1. The molecular weight excluding hydrogens is 202 g/mol. The van der Waals surface area contributed by atoms with Gasteiger partial charge in [0.2, 0.25) is 0 Å². The van der Waals surface area contributed by atoms with Crippen molar-refractivity contribution in [3.05, 3.63) is 18.2 Å². The van der Waals surface area contributed by atoms with Gasteiger partial charge in [0.1, 0.15) is 11.6 Å². The Morgan fingerprint density at radius 2 is 2.12 bits per heavy atom. The number of carbonyl (C=O) groups excluding carboxylic acids is 1. The molecular formula is C12H21N3O. The van der Waals surface area contributed by atoms with Gasteiger partial charge < -0.3 is 10.3 Å². The average molecular weight is 223 g/mol. The van der Waals surface area contributed by atoms with Crippen molar-refractivity contribution in [2.45, 2.75) is 38.5 Å². The number of Topliss-reactive ketones (excluding diaryl/α,β-unsaturated/α-hetero) is 1. The largest absolute Gasteiger partial charge is 0.338 e. The Morgan fingerprint density at radius 3 is 2.75 bits per heavy atom. The predicted molar refractivity (Wildman–Crippen MR) is 64.1 cm³/mol. The van der Waals surface area contributed by atoms with Crippen LogP contribution in [0.15, 0.2) is 12.4 Å². The molecule has 0 spiro atoms. The van der Waals surface area contributed by atoms with E-state index in [1.54, 1.807) is 6.20 Å². The van der Waals surface area contributed by atoms with Crippen molar-refractivity contribution in [3.8, 4) is 0 Å². The van der Waals surface area contributed by atoms with Gasteiger partial charge in [0, 0.05) is 25.9 Å². The lowest BCUT2D eigenvalue weighted by atomic mass is 10.1. The zero-order valence-corrected chi connectivity index (χ0v) is 9.98. The number of ketones is 1. The Bertz CT molecular complexity index is 320. The van der Waals surface area contributed by atoms with Crippen LogP contribution >= 0.6 is 0 Å². The number of aromatic nitrogens is 2. The summed E-state index contributed by atoms with van der Waals surface area (Å²) >= 11 is 0. The Labute approximate surface area is 96.9 Å². The molecule has 0 fully saturated rings. The molecule has 0 bridgehead atoms. The highest BCUT2D eigenvalue weighted by Gasteiger charge is 2.06. The van der Waals surface area contributed by atoms with E-state index in [4.69, 9.17) is 5.73 Å². The Kier molecular flexibility index (Phi) is 5.78. The monoisotopic (exact) mass is 223 g/mol. The van der Waals surface area contributed by atoms with Crippen molar-refractivity contribution in [3.63, 3.8) is 0 Å². The summed E-state index contributed by atoms with van der Waals surface area (Å²) in [5.41, 5.74) is 5.40. The molecule has 4 nitrogen and oxygen atoms in total. The predicted octanol–water partition coefficient (Wildman–Crippen LogP) is 1.44. The maximum Gasteiger partial charge on any atom is 0.140 e. The van der Waals surface area contributed by atoms with E-state index >= 15 is 0 Å². The van der Waals surface area contributed by atoms with Gasteiger partial charge in [0.25, 0.3) is 0 Å². The third-order valence-electron chi connectivity index (χ3n) is 2.69. The first-order valence-electron chi connectivity index (χ1n) is 5.92. The number of imidazole rings is 1. The van der Waals surface area contributed by atoms with E-state index in [2.05, 4.69) is 4.98 Å². The van der Waals surface area contributed by atoms with Crippen LogP contribution in [0, 0.1) is 0 Å². The van der Waals surface area contributed by atoms with Crippen LogP contribution in [0.25, 0.3) is 0 Å². The molecule has 0 unspecified atom stereocenters. The number of hydrogen-bond acceptors (Lipinski definition) is 3. The fourth-order valence-corrected chi connectivity index (χ4v) is 1.65. The average Bonchev–Trinajstić information content (AvgIpc) is 2.64. The lowest BCUT2D eigenvalue weighted by Gasteiger charge is -2.02. The molecule has 0 saturated carbocycles. The second kappa shape index (κ2) is 7.17. The molecule has 0 aliphatic heterocycles. The van der Waals surface area contributed by atoms with E-state index in [0.717, 1.165) is 38.1 Å². The number of unbranched alkanes of at least 4 members (excludes halogenated alkanes) is 3. The Morgan fingerprint density at radius 1 is 1.38 bits per heavy atom. The number of carbonyl (C=O) groups is 1. The molecule has 1 aromatic heterocycles. The molecule has 0 radical (unpaired) electrons. The maximum absolute atomic E-state index is 11.6. The van der Waals surface area contributed by atoms with Crippen molar-refractivity contribution < 1.29 is 4.79 Å². The summed E-state index contributed by atoms with van der Waals surface area (Å²) in [6.45, 7) is 0.751. The van der Waals surface area contributed by atoms with Crippen LogP contribution in [0.1, 0.15) is 37.9 Å². The summed E-state index contributed by atoms with van der Waals surface area (Å²) < 4.78 is 1.90. The van der Waals surface area contributed by atoms with Gasteiger partial charge in [0.15, 0.2) is 0 Å². The highest BCUT2D eigenvalue weighted by Crippen LogP contribution is 2.05. The zero-order chi connectivity index (χ0) is 11.8. The minimum atomic E-state index is 0.280.